The van der Waals surface area contributed by atoms with Crippen LogP contribution in [-0.4, -0.2) is 31.5 Å². The number of hydrogen-bond acceptors (Lipinski definition) is 3. The van der Waals surface area contributed by atoms with Crippen LogP contribution in [0.1, 0.15) is 24.0 Å². The van der Waals surface area contributed by atoms with Gasteiger partial charge in [0.25, 0.3) is 0 Å². The Morgan fingerprint density at radius 1 is 1.20 bits per heavy atom. The molecule has 1 aliphatic rings. The van der Waals surface area contributed by atoms with E-state index < -0.39 is 6.36 Å². The number of rotatable bonds is 4. The van der Waals surface area contributed by atoms with Crippen LogP contribution >= 0.6 is 0 Å². The molecule has 1 fully saturated rings. The van der Waals surface area contributed by atoms with Crippen molar-refractivity contribution in [3.05, 3.63) is 23.3 Å². The first-order valence-electron chi connectivity index (χ1n) is 6.54. The molecule has 1 saturated heterocycles. The summed E-state index contributed by atoms with van der Waals surface area (Å²) in [4.78, 5) is 2.20. The lowest BCUT2D eigenvalue weighted by Crippen LogP contribution is -2.20. The molecule has 1 aromatic carbocycles. The normalized spacial score (nSPS) is 16.4. The number of hydrogen-bond donors (Lipinski definition) is 0. The van der Waals surface area contributed by atoms with Crippen LogP contribution in [0.4, 0.5) is 13.2 Å². The highest BCUT2D eigenvalue weighted by Crippen LogP contribution is 2.33. The van der Waals surface area contributed by atoms with Crippen LogP contribution in [0.3, 0.4) is 0 Å². The molecule has 0 amide bonds. The van der Waals surface area contributed by atoms with Gasteiger partial charge in [-0.1, -0.05) is 0 Å². The van der Waals surface area contributed by atoms with E-state index in [1.165, 1.54) is 19.2 Å². The van der Waals surface area contributed by atoms with Crippen molar-refractivity contribution >= 4 is 0 Å². The van der Waals surface area contributed by atoms with Gasteiger partial charge in [0.05, 0.1) is 7.11 Å². The fourth-order valence-electron chi connectivity index (χ4n) is 2.59. The molecule has 0 bridgehead atoms. The Bertz CT molecular complexity index is 468. The van der Waals surface area contributed by atoms with Crippen LogP contribution in [0.25, 0.3) is 0 Å². The van der Waals surface area contributed by atoms with E-state index in [1.807, 2.05) is 0 Å². The van der Waals surface area contributed by atoms with Crippen LogP contribution in [0.2, 0.25) is 0 Å². The van der Waals surface area contributed by atoms with Gasteiger partial charge in [0.15, 0.2) is 0 Å². The van der Waals surface area contributed by atoms with Crippen LogP contribution in [-0.2, 0) is 6.54 Å². The molecule has 0 atom stereocenters. The average molecular weight is 289 g/mol. The number of ether oxygens (including phenoxy) is 2. The third-order valence-corrected chi connectivity index (χ3v) is 3.36. The third kappa shape index (κ3) is 3.79. The maximum absolute atomic E-state index is 12.3. The third-order valence-electron chi connectivity index (χ3n) is 3.36. The van der Waals surface area contributed by atoms with Crippen molar-refractivity contribution in [2.45, 2.75) is 32.7 Å². The number of nitrogens with zero attached hydrogens (tertiary/aromatic N) is 1. The molecule has 1 aliphatic heterocycles. The van der Waals surface area contributed by atoms with Crippen molar-refractivity contribution in [1.82, 2.24) is 4.90 Å². The fourth-order valence-corrected chi connectivity index (χ4v) is 2.59. The van der Waals surface area contributed by atoms with E-state index in [-0.39, 0.29) is 5.75 Å². The number of aryl methyl sites for hydroxylation is 1. The standard InChI is InChI=1S/C14H18F3NO2/c1-10-7-12(20-14(15,16)17)8-11(13(10)19-2)9-18-5-3-4-6-18/h7-8H,3-6,9H2,1-2H3. The SMILES string of the molecule is COc1c(C)cc(OC(F)(F)F)cc1CN1CCCC1. The largest absolute Gasteiger partial charge is 0.573 e. The molecule has 0 radical (unpaired) electrons. The summed E-state index contributed by atoms with van der Waals surface area (Å²) >= 11 is 0. The van der Waals surface area contributed by atoms with Crippen molar-refractivity contribution < 1.29 is 22.6 Å². The summed E-state index contributed by atoms with van der Waals surface area (Å²) in [5, 5.41) is 0. The Morgan fingerprint density at radius 3 is 2.40 bits per heavy atom. The molecule has 0 saturated carbocycles. The quantitative estimate of drug-likeness (QED) is 0.847. The Labute approximate surface area is 116 Å². The summed E-state index contributed by atoms with van der Waals surface area (Å²) in [5.41, 5.74) is 1.37. The van der Waals surface area contributed by atoms with Crippen molar-refractivity contribution in [3.63, 3.8) is 0 Å². The second-order valence-corrected chi connectivity index (χ2v) is 4.96. The Hall–Kier alpha value is -1.43. The zero-order valence-electron chi connectivity index (χ0n) is 11.6. The first-order chi connectivity index (χ1) is 9.39. The smallest absolute Gasteiger partial charge is 0.496 e. The highest BCUT2D eigenvalue weighted by molar-refractivity contribution is 5.46. The minimum absolute atomic E-state index is 0.190. The zero-order valence-corrected chi connectivity index (χ0v) is 11.6. The Balaban J connectivity index is 2.26. The van der Waals surface area contributed by atoms with Gasteiger partial charge in [-0.2, -0.15) is 0 Å². The molecule has 3 nitrogen and oxygen atoms in total. The van der Waals surface area contributed by atoms with Crippen molar-refractivity contribution in [3.8, 4) is 11.5 Å². The Kier molecular flexibility index (Phi) is 4.42. The van der Waals surface area contributed by atoms with Gasteiger partial charge in [0.2, 0.25) is 0 Å². The van der Waals surface area contributed by atoms with Crippen molar-refractivity contribution in [1.29, 1.82) is 0 Å². The number of likely N-dealkylation sites (tertiary alicyclic amines) is 1. The minimum Gasteiger partial charge on any atom is -0.496 e. The van der Waals surface area contributed by atoms with Crippen LogP contribution < -0.4 is 9.47 Å². The molecule has 20 heavy (non-hydrogen) atoms. The molecule has 112 valence electrons. The minimum atomic E-state index is -4.67. The second-order valence-electron chi connectivity index (χ2n) is 4.96. The summed E-state index contributed by atoms with van der Waals surface area (Å²) < 4.78 is 46.3. The maximum atomic E-state index is 12.3. The Morgan fingerprint density at radius 2 is 1.85 bits per heavy atom. The van der Waals surface area contributed by atoms with Gasteiger partial charge in [-0.15, -0.1) is 13.2 Å². The second kappa shape index (κ2) is 5.91. The molecule has 2 rings (SSSR count). The fraction of sp³-hybridized carbons (Fsp3) is 0.571. The van der Waals surface area contributed by atoms with E-state index in [0.717, 1.165) is 31.5 Å². The lowest BCUT2D eigenvalue weighted by atomic mass is 10.1. The molecule has 0 unspecified atom stereocenters. The van der Waals surface area contributed by atoms with E-state index in [1.54, 1.807) is 6.92 Å². The van der Waals surface area contributed by atoms with Crippen LogP contribution in [0.15, 0.2) is 12.1 Å². The summed E-state index contributed by atoms with van der Waals surface area (Å²) in [5.74, 6) is 0.441. The summed E-state index contributed by atoms with van der Waals surface area (Å²) in [7, 11) is 1.53. The number of benzene rings is 1. The summed E-state index contributed by atoms with van der Waals surface area (Å²) in [6.45, 7) is 4.23. The average Bonchev–Trinajstić information content (AvgIpc) is 2.79. The molecular formula is C14H18F3NO2. The maximum Gasteiger partial charge on any atom is 0.573 e. The van der Waals surface area contributed by atoms with E-state index >= 15 is 0 Å². The van der Waals surface area contributed by atoms with Gasteiger partial charge in [-0.05, 0) is 50.6 Å². The van der Waals surface area contributed by atoms with Crippen molar-refractivity contribution in [2.24, 2.45) is 0 Å². The highest BCUT2D eigenvalue weighted by Gasteiger charge is 2.31. The predicted molar refractivity (Wildman–Crippen MR) is 68.9 cm³/mol. The van der Waals surface area contributed by atoms with Gasteiger partial charge in [-0.3, -0.25) is 4.90 Å². The summed E-state index contributed by atoms with van der Waals surface area (Å²) in [6, 6.07) is 2.76. The van der Waals surface area contributed by atoms with Crippen molar-refractivity contribution in [2.75, 3.05) is 20.2 Å². The molecule has 6 heteroatoms. The molecule has 0 N–H and O–H groups in total. The van der Waals surface area contributed by atoms with Gasteiger partial charge in [0, 0.05) is 12.1 Å². The zero-order chi connectivity index (χ0) is 14.8. The lowest BCUT2D eigenvalue weighted by molar-refractivity contribution is -0.274. The monoisotopic (exact) mass is 289 g/mol. The molecule has 1 heterocycles. The number of alkyl halides is 3. The molecule has 1 aromatic rings. The molecule has 0 aliphatic carbocycles. The van der Waals surface area contributed by atoms with E-state index in [9.17, 15) is 13.2 Å². The van der Waals surface area contributed by atoms with Crippen LogP contribution in [0.5, 0.6) is 11.5 Å². The van der Waals surface area contributed by atoms with Crippen LogP contribution in [0, 0.1) is 6.92 Å². The van der Waals surface area contributed by atoms with Gasteiger partial charge < -0.3 is 9.47 Å². The van der Waals surface area contributed by atoms with E-state index in [4.69, 9.17) is 4.74 Å². The van der Waals surface area contributed by atoms with Gasteiger partial charge >= 0.3 is 6.36 Å². The first-order valence-corrected chi connectivity index (χ1v) is 6.54. The number of methoxy groups -OCH3 is 1. The van der Waals surface area contributed by atoms with Gasteiger partial charge in [0.1, 0.15) is 11.5 Å². The topological polar surface area (TPSA) is 21.7 Å². The first kappa shape index (κ1) is 15.0. The lowest BCUT2D eigenvalue weighted by Gasteiger charge is -2.20. The summed E-state index contributed by atoms with van der Waals surface area (Å²) in [6.07, 6.45) is -2.42. The van der Waals surface area contributed by atoms with E-state index in [2.05, 4.69) is 9.64 Å². The van der Waals surface area contributed by atoms with E-state index in [0.29, 0.717) is 17.9 Å². The molecule has 0 spiro atoms. The highest BCUT2D eigenvalue weighted by atomic mass is 19.4. The predicted octanol–water partition coefficient (Wildman–Crippen LogP) is 3.50. The number of halogens is 3. The molecule has 0 aromatic heterocycles. The van der Waals surface area contributed by atoms with Gasteiger partial charge in [-0.25, -0.2) is 0 Å². The molecular weight excluding hydrogens is 271 g/mol.